The van der Waals surface area contributed by atoms with Crippen molar-refractivity contribution in [3.8, 4) is 0 Å². The van der Waals surface area contributed by atoms with Crippen molar-refractivity contribution >= 4 is 11.4 Å². The molecule has 1 rings (SSSR count). The number of benzene rings is 1. The Morgan fingerprint density at radius 2 is 2.33 bits per heavy atom. The minimum Gasteiger partial charge on any atom is -0.358 e. The van der Waals surface area contributed by atoms with Gasteiger partial charge in [-0.2, -0.15) is 0 Å². The van der Waals surface area contributed by atoms with Crippen molar-refractivity contribution in [2.45, 2.75) is 0 Å². The summed E-state index contributed by atoms with van der Waals surface area (Å²) in [5.74, 6) is 0. The number of hydrogen-bond donors (Lipinski definition) is 1. The van der Waals surface area contributed by atoms with Crippen molar-refractivity contribution in [3.05, 3.63) is 34.4 Å². The highest BCUT2D eigenvalue weighted by molar-refractivity contribution is 5.50. The summed E-state index contributed by atoms with van der Waals surface area (Å²) in [5, 5.41) is 12.6. The summed E-state index contributed by atoms with van der Waals surface area (Å²) in [6, 6.07) is 5.69. The number of nitro groups is 1. The summed E-state index contributed by atoms with van der Waals surface area (Å²) >= 11 is 0. The molecule has 1 N–H and O–H groups in total. The number of halogens is 1. The van der Waals surface area contributed by atoms with Gasteiger partial charge >= 0.3 is 0 Å². The Hall–Kier alpha value is -1.65. The molecule has 0 amide bonds. The van der Waals surface area contributed by atoms with Gasteiger partial charge in [0.2, 0.25) is 0 Å². The largest absolute Gasteiger partial charge is 0.358 e. The molecule has 0 unspecified atom stereocenters. The fourth-order valence-corrected chi connectivity index (χ4v) is 0.807. The van der Waals surface area contributed by atoms with E-state index in [0.29, 0.717) is 5.69 Å². The Morgan fingerprint density at radius 1 is 1.58 bits per heavy atom. The summed E-state index contributed by atoms with van der Waals surface area (Å²) in [6.45, 7) is -0.735. The lowest BCUT2D eigenvalue weighted by atomic mass is 10.3. The third-order valence-corrected chi connectivity index (χ3v) is 1.33. The first-order valence-electron chi connectivity index (χ1n) is 3.28. The molecule has 0 spiro atoms. The smallest absolute Gasteiger partial charge is 0.271 e. The van der Waals surface area contributed by atoms with Gasteiger partial charge in [-0.25, -0.2) is 4.39 Å². The summed E-state index contributed by atoms with van der Waals surface area (Å²) in [4.78, 5) is 9.72. The molecule has 0 atom stereocenters. The zero-order chi connectivity index (χ0) is 8.97. The summed E-state index contributed by atoms with van der Waals surface area (Å²) < 4.78 is 11.7. The Balaban J connectivity index is 2.88. The number of anilines is 1. The fourth-order valence-electron chi connectivity index (χ4n) is 0.807. The van der Waals surface area contributed by atoms with Gasteiger partial charge in [0.1, 0.15) is 0 Å². The maximum Gasteiger partial charge on any atom is 0.271 e. The quantitative estimate of drug-likeness (QED) is 0.428. The number of nitrogens with one attached hydrogen (secondary N) is 1. The van der Waals surface area contributed by atoms with Gasteiger partial charge in [-0.1, -0.05) is 6.07 Å². The fraction of sp³-hybridized carbons (Fsp3) is 0.143. The van der Waals surface area contributed by atoms with E-state index in [1.807, 2.05) is 0 Å². The molecule has 0 aliphatic rings. The van der Waals surface area contributed by atoms with Gasteiger partial charge in [-0.05, 0) is 6.07 Å². The number of hydrogen-bond acceptors (Lipinski definition) is 3. The second-order valence-corrected chi connectivity index (χ2v) is 2.12. The predicted molar refractivity (Wildman–Crippen MR) is 42.7 cm³/mol. The second kappa shape index (κ2) is 3.66. The molecule has 0 bridgehead atoms. The molecule has 1 aromatic rings. The van der Waals surface area contributed by atoms with E-state index in [0.717, 1.165) is 0 Å². The first kappa shape index (κ1) is 8.45. The number of rotatable bonds is 3. The van der Waals surface area contributed by atoms with Crippen molar-refractivity contribution in [2.75, 3.05) is 12.1 Å². The average Bonchev–Trinajstić information content (AvgIpc) is 2.05. The highest BCUT2D eigenvalue weighted by atomic mass is 19.1. The van der Waals surface area contributed by atoms with Crippen molar-refractivity contribution in [1.82, 2.24) is 0 Å². The van der Waals surface area contributed by atoms with Crippen molar-refractivity contribution in [3.63, 3.8) is 0 Å². The molecular formula is C7H7FN2O2. The van der Waals surface area contributed by atoms with Crippen molar-refractivity contribution < 1.29 is 9.31 Å². The Labute approximate surface area is 68.2 Å². The molecule has 0 saturated heterocycles. The lowest BCUT2D eigenvalue weighted by Gasteiger charge is -1.99. The monoisotopic (exact) mass is 170 g/mol. The SMILES string of the molecule is O=[N+]([O-])c1cccc(NCF)c1. The summed E-state index contributed by atoms with van der Waals surface area (Å²) in [6.07, 6.45) is 0. The maximum absolute atomic E-state index is 11.7. The Morgan fingerprint density at radius 3 is 2.92 bits per heavy atom. The van der Waals surface area contributed by atoms with Crippen LogP contribution in [0, 0.1) is 10.1 Å². The van der Waals surface area contributed by atoms with E-state index in [9.17, 15) is 14.5 Å². The molecule has 0 aliphatic heterocycles. The van der Waals surface area contributed by atoms with Gasteiger partial charge in [0.05, 0.1) is 4.92 Å². The molecule has 0 aliphatic carbocycles. The van der Waals surface area contributed by atoms with E-state index in [-0.39, 0.29) is 5.69 Å². The normalized spacial score (nSPS) is 9.42. The number of nitro benzene ring substituents is 1. The molecular weight excluding hydrogens is 163 g/mol. The zero-order valence-corrected chi connectivity index (χ0v) is 6.16. The minimum atomic E-state index is -0.735. The highest BCUT2D eigenvalue weighted by Gasteiger charge is 2.04. The summed E-state index contributed by atoms with van der Waals surface area (Å²) in [7, 11) is 0. The topological polar surface area (TPSA) is 55.2 Å². The highest BCUT2D eigenvalue weighted by Crippen LogP contribution is 2.16. The van der Waals surface area contributed by atoms with Crippen molar-refractivity contribution in [1.29, 1.82) is 0 Å². The predicted octanol–water partition coefficient (Wildman–Crippen LogP) is 1.93. The third-order valence-electron chi connectivity index (χ3n) is 1.33. The molecule has 0 aromatic heterocycles. The van der Waals surface area contributed by atoms with Crippen LogP contribution in [0.25, 0.3) is 0 Å². The van der Waals surface area contributed by atoms with Crippen LogP contribution >= 0.6 is 0 Å². The van der Waals surface area contributed by atoms with Crippen LogP contribution in [0.1, 0.15) is 0 Å². The molecule has 0 radical (unpaired) electrons. The number of nitrogens with zero attached hydrogens (tertiary/aromatic N) is 1. The lowest BCUT2D eigenvalue weighted by molar-refractivity contribution is -0.384. The van der Waals surface area contributed by atoms with Gasteiger partial charge in [0, 0.05) is 17.8 Å². The second-order valence-electron chi connectivity index (χ2n) is 2.12. The number of non-ortho nitro benzene ring substituents is 1. The molecule has 0 heterocycles. The van der Waals surface area contributed by atoms with Crippen LogP contribution in [0.2, 0.25) is 0 Å². The van der Waals surface area contributed by atoms with Crippen LogP contribution in [-0.4, -0.2) is 11.7 Å². The minimum absolute atomic E-state index is 0.0477. The van der Waals surface area contributed by atoms with Crippen LogP contribution < -0.4 is 5.32 Å². The van der Waals surface area contributed by atoms with Crippen LogP contribution in [0.4, 0.5) is 15.8 Å². The number of alkyl halides is 1. The molecule has 5 heteroatoms. The molecule has 0 saturated carbocycles. The van der Waals surface area contributed by atoms with E-state index < -0.39 is 11.7 Å². The molecule has 0 fully saturated rings. The van der Waals surface area contributed by atoms with Gasteiger partial charge in [0.25, 0.3) is 5.69 Å². The Bertz CT molecular complexity index is 290. The maximum atomic E-state index is 11.7. The third kappa shape index (κ3) is 1.91. The first-order valence-corrected chi connectivity index (χ1v) is 3.28. The average molecular weight is 170 g/mol. The van der Waals surface area contributed by atoms with Gasteiger partial charge in [0.15, 0.2) is 6.80 Å². The van der Waals surface area contributed by atoms with E-state index in [2.05, 4.69) is 5.32 Å². The molecule has 64 valence electrons. The van der Waals surface area contributed by atoms with E-state index in [1.165, 1.54) is 18.2 Å². The lowest BCUT2D eigenvalue weighted by Crippen LogP contribution is -1.95. The van der Waals surface area contributed by atoms with Gasteiger partial charge in [-0.3, -0.25) is 10.1 Å². The standard InChI is InChI=1S/C7H7FN2O2/c8-5-9-6-2-1-3-7(4-6)10(11)12/h1-4,9H,5H2. The van der Waals surface area contributed by atoms with Gasteiger partial charge in [-0.15, -0.1) is 0 Å². The van der Waals surface area contributed by atoms with Gasteiger partial charge < -0.3 is 5.32 Å². The Kier molecular flexibility index (Phi) is 2.57. The molecule has 1 aromatic carbocycles. The zero-order valence-electron chi connectivity index (χ0n) is 6.16. The summed E-state index contributed by atoms with van der Waals surface area (Å²) in [5.41, 5.74) is 0.361. The molecule has 12 heavy (non-hydrogen) atoms. The van der Waals surface area contributed by atoms with Crippen LogP contribution in [0.5, 0.6) is 0 Å². The van der Waals surface area contributed by atoms with E-state index in [4.69, 9.17) is 0 Å². The van der Waals surface area contributed by atoms with Crippen LogP contribution in [-0.2, 0) is 0 Å². The first-order chi connectivity index (χ1) is 5.74. The van der Waals surface area contributed by atoms with E-state index >= 15 is 0 Å². The van der Waals surface area contributed by atoms with Crippen molar-refractivity contribution in [2.24, 2.45) is 0 Å². The van der Waals surface area contributed by atoms with Crippen LogP contribution in [0.3, 0.4) is 0 Å². The van der Waals surface area contributed by atoms with Crippen LogP contribution in [0.15, 0.2) is 24.3 Å². The molecule has 4 nitrogen and oxygen atoms in total. The van der Waals surface area contributed by atoms with E-state index in [1.54, 1.807) is 6.07 Å².